The van der Waals surface area contributed by atoms with Crippen molar-refractivity contribution in [2.45, 2.75) is 12.8 Å². The molecule has 1 amide bonds. The van der Waals surface area contributed by atoms with Gasteiger partial charge in [0.1, 0.15) is 11.4 Å². The van der Waals surface area contributed by atoms with Crippen LogP contribution in [0.1, 0.15) is 33.8 Å². The summed E-state index contributed by atoms with van der Waals surface area (Å²) in [5.74, 6) is -0.314. The summed E-state index contributed by atoms with van der Waals surface area (Å²) in [6.45, 7) is 1.08. The second-order valence-corrected chi connectivity index (χ2v) is 5.84. The van der Waals surface area contributed by atoms with E-state index in [0.29, 0.717) is 29.5 Å². The van der Waals surface area contributed by atoms with E-state index in [0.717, 1.165) is 12.8 Å². The molecule has 1 unspecified atom stereocenters. The highest BCUT2D eigenvalue weighted by molar-refractivity contribution is 6.30. The number of nitrogens with one attached hydrogen (secondary N) is 1. The van der Waals surface area contributed by atoms with Gasteiger partial charge in [-0.3, -0.25) is 14.6 Å². The second kappa shape index (κ2) is 6.32. The summed E-state index contributed by atoms with van der Waals surface area (Å²) < 4.78 is 0. The van der Waals surface area contributed by atoms with E-state index in [9.17, 15) is 9.59 Å². The summed E-state index contributed by atoms with van der Waals surface area (Å²) >= 11 is 5.84. The maximum absolute atomic E-state index is 12.5. The predicted molar refractivity (Wildman–Crippen MR) is 83.0 cm³/mol. The molecule has 114 valence electrons. The summed E-state index contributed by atoms with van der Waals surface area (Å²) in [5.41, 5.74) is 0.917. The number of H-pyrrole nitrogens is 1. The number of amides is 1. The molecule has 0 spiro atoms. The zero-order valence-electron chi connectivity index (χ0n) is 12.0. The highest BCUT2D eigenvalue weighted by atomic mass is 35.5. The third kappa shape index (κ3) is 3.04. The number of likely N-dealkylation sites (tertiary alicyclic amines) is 1. The van der Waals surface area contributed by atoms with E-state index in [1.807, 2.05) is 0 Å². The van der Waals surface area contributed by atoms with Gasteiger partial charge in [-0.05, 0) is 31.0 Å². The van der Waals surface area contributed by atoms with E-state index in [1.165, 1.54) is 0 Å². The number of aromatic nitrogens is 2. The molecule has 0 aromatic carbocycles. The minimum Gasteiger partial charge on any atom is -0.356 e. The second-order valence-electron chi connectivity index (χ2n) is 5.40. The Bertz CT molecular complexity index is 684. The van der Waals surface area contributed by atoms with Crippen LogP contribution in [0.4, 0.5) is 0 Å². The van der Waals surface area contributed by atoms with Gasteiger partial charge in [0.05, 0.1) is 5.02 Å². The van der Waals surface area contributed by atoms with Crippen LogP contribution in [0.5, 0.6) is 0 Å². The third-order valence-corrected chi connectivity index (χ3v) is 4.09. The number of nitrogens with zero attached hydrogens (tertiary/aromatic N) is 2. The molecule has 6 heteroatoms. The number of aromatic amines is 1. The average Bonchev–Trinajstić information content (AvgIpc) is 3.01. The van der Waals surface area contributed by atoms with Crippen molar-refractivity contribution < 1.29 is 9.59 Å². The minimum atomic E-state index is -0.196. The molecule has 1 fully saturated rings. The number of ketones is 1. The fraction of sp³-hybridized carbons (Fsp3) is 0.312. The SMILES string of the molecule is O=C(c1ccccn1)C1CCCN(C(=O)c2cc(Cl)c[nH]2)C1. The largest absolute Gasteiger partial charge is 0.356 e. The Hall–Kier alpha value is -2.14. The van der Waals surface area contributed by atoms with Gasteiger partial charge in [0.2, 0.25) is 0 Å². The van der Waals surface area contributed by atoms with E-state index < -0.39 is 0 Å². The smallest absolute Gasteiger partial charge is 0.270 e. The molecule has 1 aliphatic rings. The van der Waals surface area contributed by atoms with Gasteiger partial charge in [-0.15, -0.1) is 0 Å². The zero-order valence-corrected chi connectivity index (χ0v) is 12.7. The Morgan fingerprint density at radius 3 is 2.91 bits per heavy atom. The first-order valence-electron chi connectivity index (χ1n) is 7.23. The molecule has 5 nitrogen and oxygen atoms in total. The molecular weight excluding hydrogens is 302 g/mol. The predicted octanol–water partition coefficient (Wildman–Crippen LogP) is 2.80. The molecule has 2 aromatic heterocycles. The molecule has 0 saturated carbocycles. The van der Waals surface area contributed by atoms with Gasteiger partial charge >= 0.3 is 0 Å². The van der Waals surface area contributed by atoms with E-state index in [4.69, 9.17) is 11.6 Å². The lowest BCUT2D eigenvalue weighted by molar-refractivity contribution is 0.0631. The van der Waals surface area contributed by atoms with Crippen molar-refractivity contribution in [3.63, 3.8) is 0 Å². The average molecular weight is 318 g/mol. The van der Waals surface area contributed by atoms with Crippen LogP contribution in [0.2, 0.25) is 5.02 Å². The number of pyridine rings is 1. The molecule has 1 saturated heterocycles. The Labute approximate surface area is 133 Å². The highest BCUT2D eigenvalue weighted by Gasteiger charge is 2.30. The summed E-state index contributed by atoms with van der Waals surface area (Å²) in [4.78, 5) is 33.6. The number of hydrogen-bond acceptors (Lipinski definition) is 3. The number of halogens is 1. The Kier molecular flexibility index (Phi) is 4.24. The fourth-order valence-electron chi connectivity index (χ4n) is 2.75. The van der Waals surface area contributed by atoms with Gasteiger partial charge in [0.25, 0.3) is 5.91 Å². The Morgan fingerprint density at radius 1 is 1.36 bits per heavy atom. The van der Waals surface area contributed by atoms with Crippen LogP contribution < -0.4 is 0 Å². The molecule has 0 radical (unpaired) electrons. The minimum absolute atomic E-state index is 0.00242. The Morgan fingerprint density at radius 2 is 2.23 bits per heavy atom. The van der Waals surface area contributed by atoms with Crippen LogP contribution in [0.3, 0.4) is 0 Å². The summed E-state index contributed by atoms with van der Waals surface area (Å²) in [5, 5.41) is 0.501. The number of piperidine rings is 1. The van der Waals surface area contributed by atoms with E-state index in [2.05, 4.69) is 9.97 Å². The molecule has 0 aliphatic carbocycles. The van der Waals surface area contributed by atoms with Gasteiger partial charge in [0, 0.05) is 31.4 Å². The van der Waals surface area contributed by atoms with Crippen molar-refractivity contribution in [2.75, 3.05) is 13.1 Å². The lowest BCUT2D eigenvalue weighted by Gasteiger charge is -2.31. The van der Waals surface area contributed by atoms with Crippen LogP contribution in [-0.2, 0) is 0 Å². The lowest BCUT2D eigenvalue weighted by atomic mass is 9.91. The van der Waals surface area contributed by atoms with Crippen LogP contribution in [0, 0.1) is 5.92 Å². The van der Waals surface area contributed by atoms with E-state index in [-0.39, 0.29) is 17.6 Å². The maximum Gasteiger partial charge on any atom is 0.270 e. The number of rotatable bonds is 3. The quantitative estimate of drug-likeness (QED) is 0.885. The molecule has 1 atom stereocenters. The monoisotopic (exact) mass is 317 g/mol. The van der Waals surface area contributed by atoms with Crippen molar-refractivity contribution in [1.29, 1.82) is 0 Å². The molecule has 3 heterocycles. The summed E-state index contributed by atoms with van der Waals surface area (Å²) in [7, 11) is 0. The van der Waals surface area contributed by atoms with Crippen molar-refractivity contribution in [1.82, 2.24) is 14.9 Å². The van der Waals surface area contributed by atoms with Gasteiger partial charge in [0.15, 0.2) is 5.78 Å². The molecule has 1 N–H and O–H groups in total. The molecule has 22 heavy (non-hydrogen) atoms. The zero-order chi connectivity index (χ0) is 15.5. The van der Waals surface area contributed by atoms with Crippen molar-refractivity contribution in [3.8, 4) is 0 Å². The van der Waals surface area contributed by atoms with Crippen LogP contribution in [-0.4, -0.2) is 39.6 Å². The Balaban J connectivity index is 1.72. The van der Waals surface area contributed by atoms with Crippen molar-refractivity contribution in [2.24, 2.45) is 5.92 Å². The van der Waals surface area contributed by atoms with E-state index in [1.54, 1.807) is 41.6 Å². The van der Waals surface area contributed by atoms with Crippen molar-refractivity contribution >= 4 is 23.3 Å². The molecular formula is C16H16ClN3O2. The first-order valence-corrected chi connectivity index (χ1v) is 7.61. The molecule has 3 rings (SSSR count). The molecule has 1 aliphatic heterocycles. The highest BCUT2D eigenvalue weighted by Crippen LogP contribution is 2.22. The number of hydrogen-bond donors (Lipinski definition) is 1. The van der Waals surface area contributed by atoms with Crippen LogP contribution in [0.25, 0.3) is 0 Å². The van der Waals surface area contributed by atoms with Crippen molar-refractivity contribution in [3.05, 3.63) is 53.1 Å². The number of carbonyl (C=O) groups is 2. The summed E-state index contributed by atoms with van der Waals surface area (Å²) in [6.07, 6.45) is 4.78. The third-order valence-electron chi connectivity index (χ3n) is 3.87. The van der Waals surface area contributed by atoms with Gasteiger partial charge in [-0.2, -0.15) is 0 Å². The van der Waals surface area contributed by atoms with E-state index >= 15 is 0 Å². The maximum atomic E-state index is 12.5. The molecule has 0 bridgehead atoms. The first kappa shape index (κ1) is 14.8. The van der Waals surface area contributed by atoms with Gasteiger partial charge < -0.3 is 9.88 Å². The summed E-state index contributed by atoms with van der Waals surface area (Å²) in [6, 6.07) is 6.90. The lowest BCUT2D eigenvalue weighted by Crippen LogP contribution is -2.42. The fourth-order valence-corrected chi connectivity index (χ4v) is 2.92. The van der Waals surface area contributed by atoms with Gasteiger partial charge in [-0.25, -0.2) is 0 Å². The topological polar surface area (TPSA) is 66.1 Å². The molecule has 2 aromatic rings. The van der Waals surface area contributed by atoms with Crippen LogP contribution >= 0.6 is 11.6 Å². The van der Waals surface area contributed by atoms with Crippen LogP contribution in [0.15, 0.2) is 36.7 Å². The number of carbonyl (C=O) groups excluding carboxylic acids is 2. The van der Waals surface area contributed by atoms with Gasteiger partial charge in [-0.1, -0.05) is 17.7 Å². The first-order chi connectivity index (χ1) is 10.6. The standard InChI is InChI=1S/C16H16ClN3O2/c17-12-8-14(19-9-12)16(22)20-7-3-4-11(10-20)15(21)13-5-1-2-6-18-13/h1-2,5-6,8-9,11,19H,3-4,7,10H2. The number of Topliss-reactive ketones (excluding diaryl/α,β-unsaturated/α-hetero) is 1. The normalized spacial score (nSPS) is 18.2.